The number of rotatable bonds is 5. The van der Waals surface area contributed by atoms with Crippen molar-refractivity contribution in [2.75, 3.05) is 33.3 Å². The number of piperazine rings is 1. The lowest BCUT2D eigenvalue weighted by atomic mass is 10.1. The van der Waals surface area contributed by atoms with Crippen LogP contribution >= 0.6 is 11.6 Å². The minimum absolute atomic E-state index is 0.142. The Bertz CT molecular complexity index is 769. The summed E-state index contributed by atoms with van der Waals surface area (Å²) in [6, 6.07) is 13.4. The van der Waals surface area contributed by atoms with Crippen LogP contribution in [0.1, 0.15) is 18.1 Å². The summed E-state index contributed by atoms with van der Waals surface area (Å²) in [6.07, 6.45) is 0. The van der Waals surface area contributed by atoms with Crippen LogP contribution in [0.4, 0.5) is 0 Å². The molecule has 0 unspecified atom stereocenters. The van der Waals surface area contributed by atoms with E-state index in [0.29, 0.717) is 5.75 Å². The zero-order valence-electron chi connectivity index (χ0n) is 15.2. The monoisotopic (exact) mass is 374 g/mol. The van der Waals surface area contributed by atoms with Crippen molar-refractivity contribution in [3.8, 4) is 11.5 Å². The van der Waals surface area contributed by atoms with Crippen LogP contribution < -0.4 is 9.64 Å². The lowest BCUT2D eigenvalue weighted by molar-refractivity contribution is -0.918. The van der Waals surface area contributed by atoms with Gasteiger partial charge in [0.15, 0.2) is 11.5 Å². The summed E-state index contributed by atoms with van der Waals surface area (Å²) in [4.78, 5) is 1.56. The molecule has 1 aliphatic rings. The molecule has 1 fully saturated rings. The zero-order valence-corrected chi connectivity index (χ0v) is 16.0. The number of quaternary nitrogens is 1. The maximum atomic E-state index is 9.72. The van der Waals surface area contributed by atoms with Gasteiger partial charge in [0.2, 0.25) is 0 Å². The predicted molar refractivity (Wildman–Crippen MR) is 104 cm³/mol. The molecular weight excluding hydrogens is 350 g/mol. The Balaban J connectivity index is 1.57. The average Bonchev–Trinajstić information content (AvgIpc) is 2.65. The molecule has 0 spiro atoms. The molecule has 138 valence electrons. The van der Waals surface area contributed by atoms with Crippen LogP contribution in [-0.2, 0) is 6.54 Å². The van der Waals surface area contributed by atoms with Gasteiger partial charge in [0.25, 0.3) is 0 Å². The summed E-state index contributed by atoms with van der Waals surface area (Å²) in [7, 11) is 1.55. The molecule has 6 heteroatoms. The maximum Gasteiger partial charge on any atom is 0.161 e. The van der Waals surface area contributed by atoms with E-state index in [1.54, 1.807) is 18.1 Å². The lowest BCUT2D eigenvalue weighted by Crippen LogP contribution is -3.13. The Kier molecular flexibility index (Phi) is 6.01. The van der Waals surface area contributed by atoms with Crippen molar-refractivity contribution >= 4 is 17.3 Å². The second-order valence-electron chi connectivity index (χ2n) is 6.58. The highest BCUT2D eigenvalue weighted by molar-refractivity contribution is 6.30. The summed E-state index contributed by atoms with van der Waals surface area (Å²) < 4.78 is 5.17. The van der Waals surface area contributed by atoms with Crippen molar-refractivity contribution in [3.63, 3.8) is 0 Å². The second-order valence-corrected chi connectivity index (χ2v) is 7.02. The normalized spacial score (nSPS) is 16.0. The van der Waals surface area contributed by atoms with E-state index < -0.39 is 0 Å². The van der Waals surface area contributed by atoms with Gasteiger partial charge in [-0.2, -0.15) is 5.10 Å². The van der Waals surface area contributed by atoms with Crippen molar-refractivity contribution in [2.24, 2.45) is 5.10 Å². The van der Waals surface area contributed by atoms with Gasteiger partial charge < -0.3 is 14.7 Å². The number of aromatic hydroxyl groups is 1. The predicted octanol–water partition coefficient (Wildman–Crippen LogP) is 2.18. The highest BCUT2D eigenvalue weighted by Gasteiger charge is 2.19. The third-order valence-corrected chi connectivity index (χ3v) is 4.96. The third kappa shape index (κ3) is 4.68. The number of hydrogen-bond acceptors (Lipinski definition) is 4. The zero-order chi connectivity index (χ0) is 18.5. The number of ether oxygens (including phenoxy) is 1. The van der Waals surface area contributed by atoms with Crippen molar-refractivity contribution < 1.29 is 14.7 Å². The van der Waals surface area contributed by atoms with Crippen LogP contribution in [0.3, 0.4) is 0 Å². The van der Waals surface area contributed by atoms with Crippen molar-refractivity contribution in [1.82, 2.24) is 5.01 Å². The number of methoxy groups -OCH3 is 1. The standard InChI is InChI=1S/C20H24ClN3O2/c1-15(17-5-8-19(25)20(13-17)26-2)22-24-11-9-23(10-12-24)14-16-3-6-18(21)7-4-16/h3-8,13,25H,9-12,14H2,1-2H3/p+1/b22-15+. The van der Waals surface area contributed by atoms with Crippen molar-refractivity contribution in [2.45, 2.75) is 13.5 Å². The minimum Gasteiger partial charge on any atom is -0.504 e. The van der Waals surface area contributed by atoms with Crippen LogP contribution in [-0.4, -0.2) is 49.1 Å². The molecular formula is C20H25ClN3O2+. The fraction of sp³-hybridized carbons (Fsp3) is 0.350. The first kappa shape index (κ1) is 18.5. The van der Waals surface area contributed by atoms with Crippen LogP contribution in [0.5, 0.6) is 11.5 Å². The third-order valence-electron chi connectivity index (χ3n) is 4.70. The molecule has 5 nitrogen and oxygen atoms in total. The smallest absolute Gasteiger partial charge is 0.161 e. The fourth-order valence-electron chi connectivity index (χ4n) is 3.15. The molecule has 1 aliphatic heterocycles. The van der Waals surface area contributed by atoms with E-state index in [9.17, 15) is 5.11 Å². The van der Waals surface area contributed by atoms with Crippen molar-refractivity contribution in [3.05, 3.63) is 58.6 Å². The van der Waals surface area contributed by atoms with Crippen LogP contribution in [0, 0.1) is 0 Å². The summed E-state index contributed by atoms with van der Waals surface area (Å²) in [6.45, 7) is 6.96. The maximum absolute atomic E-state index is 9.72. The van der Waals surface area contributed by atoms with E-state index in [4.69, 9.17) is 21.4 Å². The van der Waals surface area contributed by atoms with Crippen LogP contribution in [0.25, 0.3) is 0 Å². The Morgan fingerprint density at radius 3 is 2.54 bits per heavy atom. The van der Waals surface area contributed by atoms with Crippen LogP contribution in [0.2, 0.25) is 5.02 Å². The van der Waals surface area contributed by atoms with Crippen molar-refractivity contribution in [1.29, 1.82) is 0 Å². The molecule has 0 aliphatic carbocycles. The molecule has 0 amide bonds. The first-order valence-corrected chi connectivity index (χ1v) is 9.18. The molecule has 2 aromatic carbocycles. The van der Waals surface area contributed by atoms with Gasteiger partial charge >= 0.3 is 0 Å². The summed E-state index contributed by atoms with van der Waals surface area (Å²) in [5.74, 6) is 0.609. The highest BCUT2D eigenvalue weighted by Crippen LogP contribution is 2.26. The summed E-state index contributed by atoms with van der Waals surface area (Å²) in [5.41, 5.74) is 3.19. The molecule has 1 heterocycles. The summed E-state index contributed by atoms with van der Waals surface area (Å²) >= 11 is 5.95. The first-order valence-electron chi connectivity index (χ1n) is 8.80. The van der Waals surface area contributed by atoms with Gasteiger partial charge in [0.05, 0.1) is 39.0 Å². The SMILES string of the molecule is COc1cc(/C(C)=N/N2CC[NH+](Cc3ccc(Cl)cc3)CC2)ccc1O. The minimum atomic E-state index is 0.142. The molecule has 0 radical (unpaired) electrons. The molecule has 0 saturated carbocycles. The number of phenols is 1. The molecule has 0 aromatic heterocycles. The Labute approximate surface area is 159 Å². The van der Waals surface area contributed by atoms with E-state index in [0.717, 1.165) is 49.0 Å². The highest BCUT2D eigenvalue weighted by atomic mass is 35.5. The number of nitrogens with zero attached hydrogens (tertiary/aromatic N) is 2. The van der Waals surface area contributed by atoms with Gasteiger partial charge in [0.1, 0.15) is 6.54 Å². The molecule has 2 N–H and O–H groups in total. The van der Waals surface area contributed by atoms with E-state index in [1.807, 2.05) is 31.2 Å². The number of halogens is 1. The Morgan fingerprint density at radius 1 is 1.19 bits per heavy atom. The van der Waals surface area contributed by atoms with Crippen LogP contribution in [0.15, 0.2) is 47.6 Å². The quantitative estimate of drug-likeness (QED) is 0.789. The van der Waals surface area contributed by atoms with Gasteiger partial charge in [-0.05, 0) is 37.3 Å². The van der Waals surface area contributed by atoms with E-state index >= 15 is 0 Å². The van der Waals surface area contributed by atoms with E-state index in [1.165, 1.54) is 5.56 Å². The molecule has 2 aromatic rings. The van der Waals surface area contributed by atoms with Gasteiger partial charge in [-0.25, -0.2) is 0 Å². The van der Waals surface area contributed by atoms with Gasteiger partial charge in [0, 0.05) is 16.1 Å². The molecule has 26 heavy (non-hydrogen) atoms. The summed E-state index contributed by atoms with van der Waals surface area (Å²) in [5, 5.41) is 17.4. The van der Waals surface area contributed by atoms with Gasteiger partial charge in [-0.15, -0.1) is 0 Å². The van der Waals surface area contributed by atoms with E-state index in [-0.39, 0.29) is 5.75 Å². The van der Waals surface area contributed by atoms with Gasteiger partial charge in [-0.3, -0.25) is 5.01 Å². The Hall–Kier alpha value is -2.24. The first-order chi connectivity index (χ1) is 12.5. The van der Waals surface area contributed by atoms with E-state index in [2.05, 4.69) is 17.1 Å². The molecule has 0 bridgehead atoms. The number of phenolic OH excluding ortho intramolecular Hbond substituents is 1. The number of benzene rings is 2. The lowest BCUT2D eigenvalue weighted by Gasteiger charge is -2.31. The van der Waals surface area contributed by atoms with Gasteiger partial charge in [-0.1, -0.05) is 23.7 Å². The molecule has 3 rings (SSSR count). The number of hydrazone groups is 1. The fourth-order valence-corrected chi connectivity index (χ4v) is 3.28. The Morgan fingerprint density at radius 2 is 1.88 bits per heavy atom. The number of hydrogen-bond donors (Lipinski definition) is 2. The number of nitrogens with one attached hydrogen (secondary N) is 1. The second kappa shape index (κ2) is 8.43. The molecule has 0 atom stereocenters. The largest absolute Gasteiger partial charge is 0.504 e. The topological polar surface area (TPSA) is 49.5 Å². The average molecular weight is 375 g/mol. The molecule has 1 saturated heterocycles.